The highest BCUT2D eigenvalue weighted by Crippen LogP contribution is 2.56. The molecule has 3 aromatic rings. The maximum atomic E-state index is 14.6. The molecule has 0 bridgehead atoms. The van der Waals surface area contributed by atoms with Gasteiger partial charge in [0.2, 0.25) is 0 Å². The normalized spacial score (nSPS) is 22.8. The predicted octanol–water partition coefficient (Wildman–Crippen LogP) is 3.91. The van der Waals surface area contributed by atoms with Crippen LogP contribution in [0.4, 0.5) is 10.2 Å². The fraction of sp³-hybridized carbons (Fsp3) is 0.500. The quantitative estimate of drug-likeness (QED) is 0.582. The van der Waals surface area contributed by atoms with Crippen LogP contribution in [0.1, 0.15) is 48.8 Å². The third kappa shape index (κ3) is 3.34. The summed E-state index contributed by atoms with van der Waals surface area (Å²) in [5, 5.41) is 9.94. The summed E-state index contributed by atoms with van der Waals surface area (Å²) in [6.07, 6.45) is 8.79. The Morgan fingerprint density at radius 2 is 1.94 bits per heavy atom. The number of aromatic nitrogens is 5. The van der Waals surface area contributed by atoms with Crippen LogP contribution in [0.2, 0.25) is 5.02 Å². The molecule has 0 N–H and O–H groups in total. The van der Waals surface area contributed by atoms with Crippen LogP contribution in [0.25, 0.3) is 5.69 Å². The highest BCUT2D eigenvalue weighted by Gasteiger charge is 2.54. The zero-order chi connectivity index (χ0) is 22.2. The van der Waals surface area contributed by atoms with E-state index in [1.807, 2.05) is 18.3 Å². The van der Waals surface area contributed by atoms with Gasteiger partial charge in [0, 0.05) is 54.9 Å². The molecule has 2 aromatic heterocycles. The fourth-order valence-corrected chi connectivity index (χ4v) is 6.16. The van der Waals surface area contributed by atoms with Crippen LogP contribution < -0.4 is 4.90 Å². The van der Waals surface area contributed by atoms with E-state index in [2.05, 4.69) is 40.6 Å². The molecule has 4 heterocycles. The van der Waals surface area contributed by atoms with Crippen molar-refractivity contribution in [2.75, 3.05) is 24.5 Å². The van der Waals surface area contributed by atoms with Gasteiger partial charge in [-0.25, -0.2) is 9.37 Å². The van der Waals surface area contributed by atoms with E-state index in [-0.39, 0.29) is 0 Å². The van der Waals surface area contributed by atoms with E-state index in [0.29, 0.717) is 48.8 Å². The van der Waals surface area contributed by atoms with Gasteiger partial charge in [0.15, 0.2) is 5.82 Å². The van der Waals surface area contributed by atoms with E-state index in [4.69, 9.17) is 11.6 Å². The van der Waals surface area contributed by atoms with Crippen molar-refractivity contribution < 1.29 is 4.39 Å². The van der Waals surface area contributed by atoms with Crippen molar-refractivity contribution in [3.05, 3.63) is 59.0 Å². The number of hydrogen-bond donors (Lipinski definition) is 0. The third-order valence-electron chi connectivity index (χ3n) is 7.75. The molecule has 2 saturated carbocycles. The van der Waals surface area contributed by atoms with Crippen LogP contribution in [-0.4, -0.2) is 54.9 Å². The number of benzene rings is 1. The van der Waals surface area contributed by atoms with Crippen LogP contribution in [0.5, 0.6) is 0 Å². The van der Waals surface area contributed by atoms with E-state index in [1.165, 1.54) is 0 Å². The number of rotatable bonds is 4. The number of fused-ring (bicyclic) bond motifs is 3. The molecule has 2 aliphatic heterocycles. The van der Waals surface area contributed by atoms with Crippen molar-refractivity contribution in [2.24, 2.45) is 5.41 Å². The van der Waals surface area contributed by atoms with Crippen molar-refractivity contribution in [3.63, 3.8) is 0 Å². The third-order valence-corrected chi connectivity index (χ3v) is 7.98. The van der Waals surface area contributed by atoms with Gasteiger partial charge in [0.1, 0.15) is 17.3 Å². The van der Waals surface area contributed by atoms with Gasteiger partial charge in [0.05, 0.1) is 18.4 Å². The van der Waals surface area contributed by atoms with Gasteiger partial charge in [-0.05, 0) is 49.4 Å². The Kier molecular flexibility index (Phi) is 4.19. The minimum atomic E-state index is -1.05. The van der Waals surface area contributed by atoms with E-state index >= 15 is 0 Å². The molecule has 0 amide bonds. The number of anilines is 1. The second-order valence-corrected chi connectivity index (χ2v) is 10.8. The smallest absolute Gasteiger partial charge is 0.151 e. The Labute approximate surface area is 196 Å². The van der Waals surface area contributed by atoms with Crippen LogP contribution in [0, 0.1) is 5.41 Å². The lowest BCUT2D eigenvalue weighted by Gasteiger charge is -2.59. The lowest BCUT2D eigenvalue weighted by atomic mass is 9.57. The second kappa shape index (κ2) is 6.96. The second-order valence-electron chi connectivity index (χ2n) is 10.4. The molecule has 0 unspecified atom stereocenters. The maximum absolute atomic E-state index is 14.6. The minimum Gasteiger partial charge on any atom is -0.354 e. The molecular weight excluding hydrogens is 441 g/mol. The van der Waals surface area contributed by atoms with Crippen molar-refractivity contribution in [1.82, 2.24) is 29.6 Å². The molecule has 1 spiro atoms. The molecule has 4 aliphatic rings. The first-order chi connectivity index (χ1) is 16.0. The molecule has 170 valence electrons. The summed E-state index contributed by atoms with van der Waals surface area (Å²) in [4.78, 5) is 13.1. The Hall–Kier alpha value is -2.58. The van der Waals surface area contributed by atoms with Gasteiger partial charge in [-0.3, -0.25) is 14.5 Å². The average Bonchev–Trinajstić information content (AvgIpc) is 3.37. The first-order valence-corrected chi connectivity index (χ1v) is 12.0. The van der Waals surface area contributed by atoms with E-state index in [0.717, 1.165) is 54.6 Å². The molecule has 33 heavy (non-hydrogen) atoms. The van der Waals surface area contributed by atoms with Gasteiger partial charge in [-0.15, -0.1) is 10.2 Å². The Bertz CT molecular complexity index is 1210. The van der Waals surface area contributed by atoms with Gasteiger partial charge in [0.25, 0.3) is 0 Å². The first-order valence-electron chi connectivity index (χ1n) is 11.6. The number of alkyl halides is 1. The van der Waals surface area contributed by atoms with Gasteiger partial charge >= 0.3 is 0 Å². The molecule has 3 fully saturated rings. The number of nitrogens with zero attached hydrogens (tertiary/aromatic N) is 7. The maximum Gasteiger partial charge on any atom is 0.151 e. The Morgan fingerprint density at radius 3 is 2.70 bits per heavy atom. The zero-order valence-electron chi connectivity index (χ0n) is 18.3. The molecule has 7 nitrogen and oxygen atoms in total. The summed E-state index contributed by atoms with van der Waals surface area (Å²) in [7, 11) is 0. The molecule has 1 aromatic carbocycles. The minimum absolute atomic E-state index is 0.334. The molecule has 9 heteroatoms. The largest absolute Gasteiger partial charge is 0.354 e. The van der Waals surface area contributed by atoms with Crippen LogP contribution in [-0.2, 0) is 13.1 Å². The monoisotopic (exact) mass is 465 g/mol. The summed E-state index contributed by atoms with van der Waals surface area (Å²) in [5.74, 6) is 3.25. The molecule has 2 aliphatic carbocycles. The van der Waals surface area contributed by atoms with Crippen molar-refractivity contribution in [2.45, 2.75) is 50.4 Å². The van der Waals surface area contributed by atoms with Gasteiger partial charge in [-0.2, -0.15) is 0 Å². The van der Waals surface area contributed by atoms with E-state index in [9.17, 15) is 4.39 Å². The topological polar surface area (TPSA) is 63.0 Å². The summed E-state index contributed by atoms with van der Waals surface area (Å²) in [6, 6.07) is 6.00. The van der Waals surface area contributed by atoms with E-state index < -0.39 is 5.67 Å². The highest BCUT2D eigenvalue weighted by molar-refractivity contribution is 6.30. The van der Waals surface area contributed by atoms with Gasteiger partial charge in [-0.1, -0.05) is 11.6 Å². The predicted molar refractivity (Wildman–Crippen MR) is 122 cm³/mol. The molecule has 1 saturated heterocycles. The number of hydrogen-bond acceptors (Lipinski definition) is 6. The number of halogens is 2. The van der Waals surface area contributed by atoms with Gasteiger partial charge < -0.3 is 4.90 Å². The molecule has 0 atom stereocenters. The summed E-state index contributed by atoms with van der Waals surface area (Å²) in [6.45, 7) is 3.74. The Balaban J connectivity index is 1.15. The fourth-order valence-electron chi connectivity index (χ4n) is 5.97. The first kappa shape index (κ1) is 19.9. The van der Waals surface area contributed by atoms with Crippen molar-refractivity contribution in [3.8, 4) is 5.69 Å². The lowest BCUT2D eigenvalue weighted by Crippen LogP contribution is -2.62. The van der Waals surface area contributed by atoms with Crippen molar-refractivity contribution in [1.29, 1.82) is 0 Å². The van der Waals surface area contributed by atoms with E-state index in [1.54, 1.807) is 12.4 Å². The van der Waals surface area contributed by atoms with Crippen molar-refractivity contribution >= 4 is 17.4 Å². The zero-order valence-corrected chi connectivity index (χ0v) is 19.0. The molecule has 0 radical (unpaired) electrons. The lowest BCUT2D eigenvalue weighted by molar-refractivity contribution is 0.0581. The van der Waals surface area contributed by atoms with Crippen LogP contribution in [0.15, 0.2) is 36.8 Å². The summed E-state index contributed by atoms with van der Waals surface area (Å²) >= 11 is 6.35. The highest BCUT2D eigenvalue weighted by atomic mass is 35.5. The molecular formula is C24H25ClFN7. The van der Waals surface area contributed by atoms with Crippen LogP contribution in [0.3, 0.4) is 0 Å². The van der Waals surface area contributed by atoms with Crippen LogP contribution >= 0.6 is 11.6 Å². The standard InChI is InChI=1S/C24H25ClFN7/c25-18-1-2-19-16(7-18)11-31(15-24(26)3-4-24)12-21-29-30-22(33(19)21)17-8-23(9-17)13-32(14-23)20-10-27-5-6-28-20/h1-2,5-7,10,17H,3-4,8-9,11-15H2. The Morgan fingerprint density at radius 1 is 1.09 bits per heavy atom. The SMILES string of the molecule is FC1(CN2Cc3cc(Cl)ccc3-n3c(nnc3C3CC4(C3)CN(c3cnccn3)C4)C2)CC1. The molecule has 7 rings (SSSR count). The summed E-state index contributed by atoms with van der Waals surface area (Å²) < 4.78 is 16.8. The summed E-state index contributed by atoms with van der Waals surface area (Å²) in [5.41, 5.74) is 1.48. The average molecular weight is 466 g/mol.